The van der Waals surface area contributed by atoms with Gasteiger partial charge in [0.1, 0.15) is 0 Å². The number of hydrogen-bond donors (Lipinski definition) is 0. The van der Waals surface area contributed by atoms with Crippen molar-refractivity contribution in [2.75, 3.05) is 19.5 Å². The van der Waals surface area contributed by atoms with Crippen LogP contribution in [0.25, 0.3) is 0 Å². The van der Waals surface area contributed by atoms with E-state index < -0.39 is 0 Å². The molecule has 1 nitrogen and oxygen atoms in total. The van der Waals surface area contributed by atoms with Crippen molar-refractivity contribution in [2.24, 2.45) is 0 Å². The smallest absolute Gasteiger partial charge is 0.0324 e. The van der Waals surface area contributed by atoms with Gasteiger partial charge in [0.25, 0.3) is 0 Å². The molecule has 0 bridgehead atoms. The fourth-order valence-corrected chi connectivity index (χ4v) is 2.37. The van der Waals surface area contributed by atoms with Crippen molar-refractivity contribution in [2.45, 2.75) is 25.8 Å². The summed E-state index contributed by atoms with van der Waals surface area (Å²) in [5.74, 6) is 0.800. The van der Waals surface area contributed by atoms with Crippen LogP contribution in [0.5, 0.6) is 0 Å². The van der Waals surface area contributed by atoms with Crippen molar-refractivity contribution in [3.05, 3.63) is 22.4 Å². The minimum absolute atomic E-state index is 0.800. The Morgan fingerprint density at radius 3 is 2.86 bits per heavy atom. The molecule has 0 saturated carbocycles. The zero-order chi connectivity index (χ0) is 10.2. The van der Waals surface area contributed by atoms with E-state index in [0.717, 1.165) is 18.8 Å². The molecule has 14 heavy (non-hydrogen) atoms. The number of halogens is 1. The first kappa shape index (κ1) is 12.0. The molecule has 1 heterocycles. The van der Waals surface area contributed by atoms with E-state index in [4.69, 9.17) is 11.6 Å². The van der Waals surface area contributed by atoms with Gasteiger partial charge in [0.15, 0.2) is 0 Å². The molecule has 0 aliphatic rings. The van der Waals surface area contributed by atoms with Gasteiger partial charge in [-0.2, -0.15) is 0 Å². The third-order valence-corrected chi connectivity index (χ3v) is 3.31. The van der Waals surface area contributed by atoms with Gasteiger partial charge in [-0.3, -0.25) is 0 Å². The van der Waals surface area contributed by atoms with Gasteiger partial charge in [0.2, 0.25) is 0 Å². The molecule has 80 valence electrons. The van der Waals surface area contributed by atoms with Crippen LogP contribution in [-0.2, 0) is 6.54 Å². The van der Waals surface area contributed by atoms with Crippen LogP contribution in [-0.4, -0.2) is 24.4 Å². The number of nitrogens with zero attached hydrogens (tertiary/aromatic N) is 1. The van der Waals surface area contributed by atoms with Gasteiger partial charge in [-0.25, -0.2) is 0 Å². The van der Waals surface area contributed by atoms with Crippen LogP contribution in [0.2, 0.25) is 0 Å². The number of alkyl halides is 1. The van der Waals surface area contributed by atoms with Crippen LogP contribution in [0.4, 0.5) is 0 Å². The molecule has 0 aliphatic carbocycles. The van der Waals surface area contributed by atoms with E-state index in [2.05, 4.69) is 29.5 Å². The lowest BCUT2D eigenvalue weighted by Gasteiger charge is -2.14. The average Bonchev–Trinajstić information content (AvgIpc) is 2.65. The summed E-state index contributed by atoms with van der Waals surface area (Å²) in [5.41, 5.74) is 0. The Balaban J connectivity index is 2.07. The summed E-state index contributed by atoms with van der Waals surface area (Å²) in [6.07, 6.45) is 3.65. The highest BCUT2D eigenvalue weighted by Crippen LogP contribution is 2.11. The summed E-state index contributed by atoms with van der Waals surface area (Å²) in [6, 6.07) is 4.31. The lowest BCUT2D eigenvalue weighted by Crippen LogP contribution is -2.18. The van der Waals surface area contributed by atoms with Crippen molar-refractivity contribution < 1.29 is 0 Å². The van der Waals surface area contributed by atoms with E-state index >= 15 is 0 Å². The first-order chi connectivity index (χ1) is 6.83. The van der Waals surface area contributed by atoms with Gasteiger partial charge in [-0.05, 0) is 37.9 Å². The SMILES string of the molecule is CN(CCCCCCl)Cc1cccs1. The Hall–Kier alpha value is -0.0500. The van der Waals surface area contributed by atoms with Gasteiger partial charge in [-0.15, -0.1) is 22.9 Å². The molecule has 0 N–H and O–H groups in total. The summed E-state index contributed by atoms with van der Waals surface area (Å²) >= 11 is 7.45. The van der Waals surface area contributed by atoms with E-state index in [9.17, 15) is 0 Å². The topological polar surface area (TPSA) is 3.24 Å². The maximum absolute atomic E-state index is 5.62. The van der Waals surface area contributed by atoms with Gasteiger partial charge in [-0.1, -0.05) is 12.5 Å². The van der Waals surface area contributed by atoms with Crippen LogP contribution in [0.15, 0.2) is 17.5 Å². The maximum Gasteiger partial charge on any atom is 0.0324 e. The Bertz CT molecular complexity index is 223. The second-order valence-corrected chi connectivity index (χ2v) is 4.98. The normalized spacial score (nSPS) is 11.1. The van der Waals surface area contributed by atoms with E-state index in [1.54, 1.807) is 0 Å². The predicted octanol–water partition coefficient (Wildman–Crippen LogP) is 3.59. The summed E-state index contributed by atoms with van der Waals surface area (Å²) in [4.78, 5) is 3.82. The molecule has 0 saturated heterocycles. The average molecular weight is 232 g/mol. The molecule has 0 aliphatic heterocycles. The third-order valence-electron chi connectivity index (χ3n) is 2.18. The Kier molecular flexibility index (Phi) is 6.24. The molecular weight excluding hydrogens is 214 g/mol. The van der Waals surface area contributed by atoms with Crippen LogP contribution < -0.4 is 0 Å². The summed E-state index contributed by atoms with van der Waals surface area (Å²) in [5, 5.41) is 2.14. The fraction of sp³-hybridized carbons (Fsp3) is 0.636. The van der Waals surface area contributed by atoms with Gasteiger partial charge >= 0.3 is 0 Å². The van der Waals surface area contributed by atoms with Crippen LogP contribution in [0.1, 0.15) is 24.1 Å². The molecular formula is C11H18ClNS. The summed E-state index contributed by atoms with van der Waals surface area (Å²) in [6.45, 7) is 2.26. The highest BCUT2D eigenvalue weighted by Gasteiger charge is 2.00. The fourth-order valence-electron chi connectivity index (χ4n) is 1.40. The van der Waals surface area contributed by atoms with Crippen molar-refractivity contribution >= 4 is 22.9 Å². The van der Waals surface area contributed by atoms with Gasteiger partial charge < -0.3 is 4.90 Å². The molecule has 0 unspecified atom stereocenters. The Morgan fingerprint density at radius 1 is 1.36 bits per heavy atom. The van der Waals surface area contributed by atoms with E-state index in [0.29, 0.717) is 0 Å². The Labute approximate surface area is 95.7 Å². The van der Waals surface area contributed by atoms with Crippen LogP contribution in [0, 0.1) is 0 Å². The molecule has 0 fully saturated rings. The lowest BCUT2D eigenvalue weighted by molar-refractivity contribution is 0.321. The quantitative estimate of drug-likeness (QED) is 0.512. The van der Waals surface area contributed by atoms with Crippen molar-refractivity contribution in [1.29, 1.82) is 0 Å². The molecule has 0 spiro atoms. The maximum atomic E-state index is 5.62. The minimum atomic E-state index is 0.800. The largest absolute Gasteiger partial charge is 0.301 e. The summed E-state index contributed by atoms with van der Waals surface area (Å²) < 4.78 is 0. The molecule has 3 heteroatoms. The second-order valence-electron chi connectivity index (χ2n) is 3.57. The molecule has 0 atom stereocenters. The monoisotopic (exact) mass is 231 g/mol. The van der Waals surface area contributed by atoms with Gasteiger partial charge in [0, 0.05) is 17.3 Å². The second kappa shape index (κ2) is 7.27. The highest BCUT2D eigenvalue weighted by atomic mass is 35.5. The van der Waals surface area contributed by atoms with Crippen LogP contribution >= 0.6 is 22.9 Å². The first-order valence-corrected chi connectivity index (χ1v) is 6.51. The number of hydrogen-bond acceptors (Lipinski definition) is 2. The van der Waals surface area contributed by atoms with E-state index in [1.165, 1.54) is 24.3 Å². The molecule has 0 aromatic carbocycles. The molecule has 0 radical (unpaired) electrons. The predicted molar refractivity (Wildman–Crippen MR) is 65.2 cm³/mol. The summed E-state index contributed by atoms with van der Waals surface area (Å²) in [7, 11) is 2.18. The number of unbranched alkanes of at least 4 members (excludes halogenated alkanes) is 2. The van der Waals surface area contributed by atoms with Gasteiger partial charge in [0.05, 0.1) is 0 Å². The molecule has 0 amide bonds. The minimum Gasteiger partial charge on any atom is -0.301 e. The van der Waals surface area contributed by atoms with Crippen molar-refractivity contribution in [1.82, 2.24) is 4.90 Å². The number of thiophene rings is 1. The van der Waals surface area contributed by atoms with Crippen molar-refractivity contribution in [3.63, 3.8) is 0 Å². The molecule has 1 rings (SSSR count). The lowest BCUT2D eigenvalue weighted by atomic mass is 10.2. The van der Waals surface area contributed by atoms with E-state index in [-0.39, 0.29) is 0 Å². The zero-order valence-corrected chi connectivity index (χ0v) is 10.3. The molecule has 1 aromatic heterocycles. The standard InChI is InChI=1S/C11H18ClNS/c1-13(8-4-2-3-7-12)10-11-6-5-9-14-11/h5-6,9H,2-4,7-8,10H2,1H3. The number of rotatable bonds is 7. The Morgan fingerprint density at radius 2 is 2.21 bits per heavy atom. The zero-order valence-electron chi connectivity index (χ0n) is 8.71. The third kappa shape index (κ3) is 4.99. The van der Waals surface area contributed by atoms with Crippen molar-refractivity contribution in [3.8, 4) is 0 Å². The van der Waals surface area contributed by atoms with Crippen LogP contribution in [0.3, 0.4) is 0 Å². The first-order valence-electron chi connectivity index (χ1n) is 5.10. The van der Waals surface area contributed by atoms with E-state index in [1.807, 2.05) is 11.3 Å². The highest BCUT2D eigenvalue weighted by molar-refractivity contribution is 7.09. The molecule has 1 aromatic rings.